The molecule has 10 heterocycles. The van der Waals surface area contributed by atoms with Crippen molar-refractivity contribution >= 4 is 62.7 Å². The number of aromatic nitrogens is 6. The van der Waals surface area contributed by atoms with Crippen LogP contribution in [0.4, 0.5) is 35.4 Å². The van der Waals surface area contributed by atoms with Gasteiger partial charge in [0.1, 0.15) is 22.8 Å². The highest BCUT2D eigenvalue weighted by Crippen LogP contribution is 2.41. The van der Waals surface area contributed by atoms with Crippen LogP contribution in [0.5, 0.6) is 0 Å². The molecule has 0 unspecified atom stereocenters. The van der Waals surface area contributed by atoms with E-state index in [1.54, 1.807) is 11.0 Å². The predicted octanol–water partition coefficient (Wildman–Crippen LogP) is 16.0. The van der Waals surface area contributed by atoms with Crippen molar-refractivity contribution < 1.29 is 27.8 Å². The van der Waals surface area contributed by atoms with Gasteiger partial charge >= 0.3 is 12.2 Å². The van der Waals surface area contributed by atoms with Gasteiger partial charge in [0.15, 0.2) is 10.9 Å². The zero-order valence-electron chi connectivity index (χ0n) is 63.5. The number of pyridine rings is 6. The molecule has 0 radical (unpaired) electrons. The number of anilines is 3. The number of aryl methyl sites for hydroxylation is 4. The van der Waals surface area contributed by atoms with Crippen molar-refractivity contribution in [3.8, 4) is 0 Å². The average Bonchev–Trinajstić information content (AvgIpc) is 1.68. The van der Waals surface area contributed by atoms with Crippen LogP contribution >= 0.6 is 11.6 Å². The molecule has 105 heavy (non-hydrogen) atoms. The summed E-state index contributed by atoms with van der Waals surface area (Å²) in [6.07, 6.45) is 22.8. The van der Waals surface area contributed by atoms with Crippen molar-refractivity contribution in [2.75, 3.05) is 67.1 Å². The van der Waals surface area contributed by atoms with Gasteiger partial charge in [-0.2, -0.15) is 0 Å². The normalized spacial score (nSPS) is 19.5. The molecule has 4 aliphatic heterocycles. The number of amides is 2. The summed E-state index contributed by atoms with van der Waals surface area (Å²) >= 11 is 6.13. The molecule has 2 aromatic carbocycles. The molecule has 560 valence electrons. The molecular formula is C83H106ClF2N13O6. The van der Waals surface area contributed by atoms with E-state index < -0.39 is 17.2 Å². The van der Waals surface area contributed by atoms with Crippen molar-refractivity contribution in [3.63, 3.8) is 0 Å². The highest BCUT2D eigenvalue weighted by molar-refractivity contribution is 6.31. The number of rotatable bonds is 15. The molecule has 22 heteroatoms. The number of benzene rings is 2. The molecule has 19 nitrogen and oxygen atoms in total. The Bertz CT molecular complexity index is 4520. The fourth-order valence-electron chi connectivity index (χ4n) is 15.3. The van der Waals surface area contributed by atoms with E-state index in [9.17, 15) is 23.6 Å². The van der Waals surface area contributed by atoms with Crippen LogP contribution in [0.1, 0.15) is 183 Å². The first kappa shape index (κ1) is 76.1. The number of halogens is 3. The van der Waals surface area contributed by atoms with Crippen molar-refractivity contribution in [2.24, 2.45) is 0 Å². The van der Waals surface area contributed by atoms with E-state index in [4.69, 9.17) is 21.1 Å². The lowest BCUT2D eigenvalue weighted by Crippen LogP contribution is -2.55. The van der Waals surface area contributed by atoms with Crippen LogP contribution in [-0.4, -0.2) is 149 Å². The van der Waals surface area contributed by atoms with Gasteiger partial charge in [-0.1, -0.05) is 11.6 Å². The van der Waals surface area contributed by atoms with Crippen molar-refractivity contribution in [2.45, 2.75) is 227 Å². The summed E-state index contributed by atoms with van der Waals surface area (Å²) in [5.41, 5.74) is 10.6. The van der Waals surface area contributed by atoms with E-state index in [1.165, 1.54) is 18.6 Å². The summed E-state index contributed by atoms with van der Waals surface area (Å²) in [6.45, 7) is 31.5. The summed E-state index contributed by atoms with van der Waals surface area (Å²) in [7, 11) is 0. The van der Waals surface area contributed by atoms with Crippen molar-refractivity contribution in [3.05, 3.63) is 192 Å². The molecule has 8 aromatic rings. The summed E-state index contributed by atoms with van der Waals surface area (Å²) in [4.78, 5) is 85.8. The second kappa shape index (κ2) is 32.7. The third-order valence-corrected chi connectivity index (χ3v) is 21.3. The van der Waals surface area contributed by atoms with Crippen LogP contribution in [0.2, 0.25) is 5.02 Å². The number of hydrogen-bond acceptors (Lipinski definition) is 15. The van der Waals surface area contributed by atoms with Crippen LogP contribution in [-0.2, 0) is 35.7 Å². The third-order valence-electron chi connectivity index (χ3n) is 21.0. The van der Waals surface area contributed by atoms with E-state index in [0.717, 1.165) is 148 Å². The van der Waals surface area contributed by atoms with Gasteiger partial charge in [0, 0.05) is 184 Å². The molecule has 0 bridgehead atoms. The SMILES string of the molecule is C[C@@H]1CCCCN1C(=O)OC(C)(C)C.Cc1ccc(N2CCC[C@H](N(Cc3ccnc(C)c3)Cc3cn(C4CC4)c4cc(Cl)c(F)cc4c3=O)C2)cn1.Cc1ccc(N2CCC[C@H](N(Cc3ccnc(C)c3)Cc3cn(C4CC4)c4cc(N5CCN(C(=O)OC(C)(C)C)[C@H](C)C5)c(F)cc4c3=O)C2)cn1. The Morgan fingerprint density at radius 3 is 1.42 bits per heavy atom. The Kier molecular flexibility index (Phi) is 23.7. The number of carbonyl (C=O) groups is 2. The zero-order valence-corrected chi connectivity index (χ0v) is 64.3. The zero-order chi connectivity index (χ0) is 74.6. The first-order chi connectivity index (χ1) is 50.1. The van der Waals surface area contributed by atoms with Crippen molar-refractivity contribution in [1.29, 1.82) is 0 Å². The summed E-state index contributed by atoms with van der Waals surface area (Å²) in [5, 5.41) is 0.866. The van der Waals surface area contributed by atoms with Gasteiger partial charge in [-0.05, 0) is 238 Å². The Hall–Kier alpha value is -8.53. The number of likely N-dealkylation sites (tertiary alicyclic amines) is 1. The lowest BCUT2D eigenvalue weighted by atomic mass is 10.0. The fraction of sp³-hybridized carbons (Fsp3) is 0.518. The van der Waals surface area contributed by atoms with Crippen LogP contribution in [0.15, 0.2) is 120 Å². The van der Waals surface area contributed by atoms with Gasteiger partial charge in [0.25, 0.3) is 0 Å². The number of piperazine rings is 1. The average molecular weight is 1460 g/mol. The first-order valence-corrected chi connectivity index (χ1v) is 38.3. The Balaban J connectivity index is 0.000000171. The van der Waals surface area contributed by atoms with Crippen molar-refractivity contribution in [1.82, 2.24) is 48.7 Å². The largest absolute Gasteiger partial charge is 0.444 e. The molecule has 2 aliphatic carbocycles. The first-order valence-electron chi connectivity index (χ1n) is 37.9. The number of nitrogens with zero attached hydrogens (tertiary/aromatic N) is 13. The van der Waals surface area contributed by atoms with Gasteiger partial charge in [0.05, 0.1) is 45.5 Å². The molecule has 14 rings (SSSR count). The second-order valence-electron chi connectivity index (χ2n) is 32.1. The van der Waals surface area contributed by atoms with E-state index >= 15 is 4.39 Å². The van der Waals surface area contributed by atoms with Gasteiger partial charge < -0.3 is 43.1 Å². The predicted molar refractivity (Wildman–Crippen MR) is 414 cm³/mol. The molecule has 2 saturated carbocycles. The Morgan fingerprint density at radius 2 is 0.981 bits per heavy atom. The number of hydrogen-bond donors (Lipinski definition) is 0. The minimum atomic E-state index is -0.589. The quantitative estimate of drug-likeness (QED) is 0.0949. The van der Waals surface area contributed by atoms with E-state index in [-0.39, 0.29) is 57.8 Å². The second-order valence-corrected chi connectivity index (χ2v) is 32.5. The molecule has 2 amide bonds. The fourth-order valence-corrected chi connectivity index (χ4v) is 15.4. The molecule has 0 N–H and O–H groups in total. The highest BCUT2D eigenvalue weighted by atomic mass is 35.5. The number of fused-ring (bicyclic) bond motifs is 2. The Morgan fingerprint density at radius 1 is 0.505 bits per heavy atom. The number of ether oxygens (including phenoxy) is 2. The molecule has 6 aliphatic rings. The summed E-state index contributed by atoms with van der Waals surface area (Å²) in [6, 6.07) is 24.1. The monoisotopic (exact) mass is 1450 g/mol. The van der Waals surface area contributed by atoms with Gasteiger partial charge in [0.2, 0.25) is 0 Å². The summed E-state index contributed by atoms with van der Waals surface area (Å²) < 4.78 is 46.0. The molecule has 6 aromatic heterocycles. The lowest BCUT2D eigenvalue weighted by Gasteiger charge is -2.41. The van der Waals surface area contributed by atoms with Crippen LogP contribution in [0.25, 0.3) is 21.8 Å². The Labute approximate surface area is 622 Å². The maximum absolute atomic E-state index is 16.2. The van der Waals surface area contributed by atoms with Crippen LogP contribution in [0, 0.1) is 39.3 Å². The maximum Gasteiger partial charge on any atom is 0.410 e. The standard InChI is InChI=1S/C41H52FN7O3.C31H33ClFN5O.C11H21NO2/c1-27-9-10-33(21-44-27)45-15-7-8-34(26-45)47(23-30-13-14-43-28(2)18-30)24-31-25-49(32-11-12-32)37-20-38(36(42)19-35(37)39(31)50)46-16-17-48(29(3)22-46)40(51)52-41(4,5)6;1-20-5-6-25(15-35-20)36-11-3-4-26(19-36)37(16-22-9-10-34-21(2)12-22)17-23-18-38(24-7-8-24)30-14-28(32)29(33)13-27(30)31(23)39;1-9-7-5-6-8-12(9)10(13)14-11(2,3)4/h9-10,13-14,18-21,25,29,32,34H,7-8,11-12,15-17,22-24,26H2,1-6H3;5-6,9-10,12-15,18,24,26H,3-4,7-8,11,16-17,19H2,1-2H3;9H,5-8H2,1-4H3/t29-,34+;26-;9-/m101/s1. The molecule has 4 atom stereocenters. The molecule has 6 fully saturated rings. The number of piperidine rings is 3. The lowest BCUT2D eigenvalue weighted by molar-refractivity contribution is 0.0117. The number of carbonyl (C=O) groups excluding carboxylic acids is 2. The maximum atomic E-state index is 16.2. The topological polar surface area (TPSA) is 171 Å². The van der Waals surface area contributed by atoms with E-state index in [1.807, 2.05) is 135 Å². The third kappa shape index (κ3) is 19.4. The van der Waals surface area contributed by atoms with Gasteiger partial charge in [-0.25, -0.2) is 18.4 Å². The molecule has 4 saturated heterocycles. The highest BCUT2D eigenvalue weighted by Gasteiger charge is 2.36. The minimum Gasteiger partial charge on any atom is -0.444 e. The molecular weight excluding hydrogens is 1350 g/mol. The van der Waals surface area contributed by atoms with E-state index in [0.29, 0.717) is 91.0 Å². The van der Waals surface area contributed by atoms with Crippen LogP contribution < -0.4 is 25.6 Å². The minimum absolute atomic E-state index is 0.0478. The van der Waals surface area contributed by atoms with Crippen LogP contribution in [0.3, 0.4) is 0 Å². The van der Waals surface area contributed by atoms with Gasteiger partial charge in [-0.15, -0.1) is 0 Å². The van der Waals surface area contributed by atoms with E-state index in [2.05, 4.69) is 98.1 Å². The summed E-state index contributed by atoms with van der Waals surface area (Å²) in [5.74, 6) is -0.972. The molecule has 0 spiro atoms. The smallest absolute Gasteiger partial charge is 0.410 e. The van der Waals surface area contributed by atoms with Gasteiger partial charge in [-0.3, -0.25) is 39.3 Å².